The highest BCUT2D eigenvalue weighted by Crippen LogP contribution is 2.23. The lowest BCUT2D eigenvalue weighted by Crippen LogP contribution is -2.18. The van der Waals surface area contributed by atoms with Gasteiger partial charge in [-0.1, -0.05) is 22.9 Å². The first-order chi connectivity index (χ1) is 9.10. The van der Waals surface area contributed by atoms with Gasteiger partial charge in [0.05, 0.1) is 11.3 Å². The van der Waals surface area contributed by atoms with Crippen molar-refractivity contribution in [1.29, 1.82) is 0 Å². The zero-order valence-electron chi connectivity index (χ0n) is 10.4. The molecule has 0 aliphatic carbocycles. The molecule has 1 aromatic heterocycles. The molecule has 0 bridgehead atoms. The van der Waals surface area contributed by atoms with Crippen molar-refractivity contribution >= 4 is 33.5 Å². The molecule has 0 saturated heterocycles. The van der Waals surface area contributed by atoms with Crippen LogP contribution in [-0.4, -0.2) is 9.97 Å². The van der Waals surface area contributed by atoms with Gasteiger partial charge in [-0.3, -0.25) is 4.79 Å². The maximum absolute atomic E-state index is 11.8. The van der Waals surface area contributed by atoms with Crippen molar-refractivity contribution < 1.29 is 0 Å². The highest BCUT2D eigenvalue weighted by Gasteiger charge is 2.07. The van der Waals surface area contributed by atoms with Gasteiger partial charge in [-0.15, -0.1) is 11.8 Å². The summed E-state index contributed by atoms with van der Waals surface area (Å²) in [5, 5.41) is 0. The van der Waals surface area contributed by atoms with E-state index in [1.165, 1.54) is 0 Å². The number of benzene rings is 1. The zero-order chi connectivity index (χ0) is 13.8. The van der Waals surface area contributed by atoms with E-state index in [-0.39, 0.29) is 5.56 Å². The lowest BCUT2D eigenvalue weighted by Gasteiger charge is -2.05. The summed E-state index contributed by atoms with van der Waals surface area (Å²) in [5.74, 6) is 1.52. The summed E-state index contributed by atoms with van der Waals surface area (Å²) in [5.41, 5.74) is 6.19. The van der Waals surface area contributed by atoms with Gasteiger partial charge >= 0.3 is 0 Å². The number of rotatable bonds is 4. The lowest BCUT2D eigenvalue weighted by molar-refractivity contribution is 0.953. The van der Waals surface area contributed by atoms with Gasteiger partial charge in [-0.25, -0.2) is 4.98 Å². The first-order valence-corrected chi connectivity index (χ1v) is 7.64. The minimum Gasteiger partial charge on any atom is -0.383 e. The molecule has 0 fully saturated rings. The number of nitrogens with one attached hydrogen (secondary N) is 1. The predicted octanol–water partition coefficient (Wildman–Crippen LogP) is 2.97. The molecule has 0 aliphatic rings. The number of nitrogens with zero attached hydrogens (tertiary/aromatic N) is 1. The molecule has 6 heteroatoms. The van der Waals surface area contributed by atoms with Crippen LogP contribution in [-0.2, 0) is 12.2 Å². The number of thioether (sulfide) groups is 1. The van der Waals surface area contributed by atoms with Crippen LogP contribution in [0.2, 0.25) is 0 Å². The van der Waals surface area contributed by atoms with Crippen LogP contribution in [0, 0.1) is 0 Å². The van der Waals surface area contributed by atoms with Crippen molar-refractivity contribution in [2.45, 2.75) is 24.0 Å². The third kappa shape index (κ3) is 3.61. The van der Waals surface area contributed by atoms with Gasteiger partial charge in [0.25, 0.3) is 5.56 Å². The molecule has 2 aromatic rings. The zero-order valence-corrected chi connectivity index (χ0v) is 12.8. The molecule has 4 nitrogen and oxygen atoms in total. The smallest absolute Gasteiger partial charge is 0.256 e. The molecule has 19 heavy (non-hydrogen) atoms. The molecule has 0 atom stereocenters. The topological polar surface area (TPSA) is 71.8 Å². The second-order valence-corrected chi connectivity index (χ2v) is 5.94. The Kier molecular flexibility index (Phi) is 4.66. The Morgan fingerprint density at radius 2 is 2.05 bits per heavy atom. The average Bonchev–Trinajstić information content (AvgIpc) is 2.38. The normalized spacial score (nSPS) is 10.6. The van der Waals surface area contributed by atoms with E-state index < -0.39 is 0 Å². The molecular weight excluding hydrogens is 326 g/mol. The Morgan fingerprint density at radius 3 is 2.63 bits per heavy atom. The SMILES string of the molecule is CCc1c(N)nc(CSc2ccc(Br)cc2)[nH]c1=O. The summed E-state index contributed by atoms with van der Waals surface area (Å²) in [6, 6.07) is 7.98. The molecule has 1 aromatic carbocycles. The van der Waals surface area contributed by atoms with E-state index in [0.29, 0.717) is 29.4 Å². The van der Waals surface area contributed by atoms with Crippen LogP contribution in [0.1, 0.15) is 18.3 Å². The highest BCUT2D eigenvalue weighted by atomic mass is 79.9. The summed E-state index contributed by atoms with van der Waals surface area (Å²) in [7, 11) is 0. The van der Waals surface area contributed by atoms with E-state index >= 15 is 0 Å². The van der Waals surface area contributed by atoms with Crippen molar-refractivity contribution in [1.82, 2.24) is 9.97 Å². The van der Waals surface area contributed by atoms with Crippen molar-refractivity contribution in [2.24, 2.45) is 0 Å². The Balaban J connectivity index is 2.12. The minimum absolute atomic E-state index is 0.138. The highest BCUT2D eigenvalue weighted by molar-refractivity contribution is 9.10. The number of H-pyrrole nitrogens is 1. The number of anilines is 1. The van der Waals surface area contributed by atoms with Gasteiger partial charge in [-0.2, -0.15) is 0 Å². The van der Waals surface area contributed by atoms with Crippen LogP contribution in [0.5, 0.6) is 0 Å². The number of aromatic amines is 1. The summed E-state index contributed by atoms with van der Waals surface area (Å²) in [4.78, 5) is 19.9. The fourth-order valence-corrected chi connectivity index (χ4v) is 2.69. The molecule has 100 valence electrons. The second-order valence-electron chi connectivity index (χ2n) is 3.97. The number of aromatic nitrogens is 2. The number of nitrogen functional groups attached to an aromatic ring is 1. The largest absolute Gasteiger partial charge is 0.383 e. The fourth-order valence-electron chi connectivity index (χ4n) is 1.66. The third-order valence-electron chi connectivity index (χ3n) is 2.64. The van der Waals surface area contributed by atoms with Gasteiger partial charge in [-0.05, 0) is 30.7 Å². The number of hydrogen-bond acceptors (Lipinski definition) is 4. The molecule has 0 spiro atoms. The average molecular weight is 340 g/mol. The van der Waals surface area contributed by atoms with Crippen molar-refractivity contribution in [3.63, 3.8) is 0 Å². The summed E-state index contributed by atoms with van der Waals surface area (Å²) < 4.78 is 1.04. The predicted molar refractivity (Wildman–Crippen MR) is 82.4 cm³/mol. The van der Waals surface area contributed by atoms with Crippen LogP contribution < -0.4 is 11.3 Å². The van der Waals surface area contributed by atoms with E-state index in [2.05, 4.69) is 25.9 Å². The van der Waals surface area contributed by atoms with Gasteiger partial charge in [0, 0.05) is 9.37 Å². The molecule has 0 radical (unpaired) electrons. The van der Waals surface area contributed by atoms with Crippen LogP contribution in [0.3, 0.4) is 0 Å². The third-order valence-corrected chi connectivity index (χ3v) is 4.19. The van der Waals surface area contributed by atoms with Crippen molar-refractivity contribution in [3.05, 3.63) is 50.5 Å². The Labute approximate surface area is 124 Å². The first-order valence-electron chi connectivity index (χ1n) is 5.86. The second kappa shape index (κ2) is 6.25. The number of nitrogens with two attached hydrogens (primary N) is 1. The molecule has 2 rings (SSSR count). The maximum atomic E-state index is 11.8. The molecule has 3 N–H and O–H groups in total. The minimum atomic E-state index is -0.138. The summed E-state index contributed by atoms with van der Waals surface area (Å²) in [6.07, 6.45) is 0.592. The van der Waals surface area contributed by atoms with Gasteiger partial charge in [0.2, 0.25) is 0 Å². The Morgan fingerprint density at radius 1 is 1.37 bits per heavy atom. The molecule has 1 heterocycles. The van der Waals surface area contributed by atoms with Crippen LogP contribution in [0.15, 0.2) is 38.4 Å². The van der Waals surface area contributed by atoms with E-state index in [0.717, 1.165) is 9.37 Å². The fraction of sp³-hybridized carbons (Fsp3) is 0.231. The molecule has 0 saturated carbocycles. The van der Waals surface area contributed by atoms with E-state index in [1.807, 2.05) is 31.2 Å². The quantitative estimate of drug-likeness (QED) is 0.840. The first kappa shape index (κ1) is 14.1. The monoisotopic (exact) mass is 339 g/mol. The van der Waals surface area contributed by atoms with Crippen molar-refractivity contribution in [3.8, 4) is 0 Å². The van der Waals surface area contributed by atoms with E-state index in [9.17, 15) is 4.79 Å². The summed E-state index contributed by atoms with van der Waals surface area (Å²) in [6.45, 7) is 1.89. The lowest BCUT2D eigenvalue weighted by atomic mass is 10.2. The summed E-state index contributed by atoms with van der Waals surface area (Å²) >= 11 is 4.99. The molecular formula is C13H14BrN3OS. The molecule has 0 aliphatic heterocycles. The molecule has 0 unspecified atom stereocenters. The number of hydrogen-bond donors (Lipinski definition) is 2. The Hall–Kier alpha value is -1.27. The standard InChI is InChI=1S/C13H14BrN3OS/c1-2-10-12(15)16-11(17-13(10)18)7-19-9-5-3-8(14)4-6-9/h3-6H,2,7H2,1H3,(H3,15,16,17,18). The van der Waals surface area contributed by atoms with E-state index in [4.69, 9.17) is 5.73 Å². The molecule has 0 amide bonds. The van der Waals surface area contributed by atoms with Crippen LogP contribution in [0.4, 0.5) is 5.82 Å². The van der Waals surface area contributed by atoms with Gasteiger partial charge in [0.15, 0.2) is 0 Å². The number of halogens is 1. The van der Waals surface area contributed by atoms with Crippen molar-refractivity contribution in [2.75, 3.05) is 5.73 Å². The van der Waals surface area contributed by atoms with Crippen LogP contribution in [0.25, 0.3) is 0 Å². The van der Waals surface area contributed by atoms with Gasteiger partial charge in [0.1, 0.15) is 11.6 Å². The Bertz CT molecular complexity index is 625. The van der Waals surface area contributed by atoms with Gasteiger partial charge < -0.3 is 10.7 Å². The van der Waals surface area contributed by atoms with Crippen LogP contribution >= 0.6 is 27.7 Å². The maximum Gasteiger partial charge on any atom is 0.256 e. The van der Waals surface area contributed by atoms with E-state index in [1.54, 1.807) is 11.8 Å².